The number of anilines is 1. The molecule has 0 spiro atoms. The number of aryl methyl sites for hydroxylation is 1. The van der Waals surface area contributed by atoms with Gasteiger partial charge in [-0.1, -0.05) is 19.1 Å². The van der Waals surface area contributed by atoms with Gasteiger partial charge in [0, 0.05) is 12.2 Å². The summed E-state index contributed by atoms with van der Waals surface area (Å²) in [5.74, 6) is 0. The molecule has 1 rings (SSSR count). The van der Waals surface area contributed by atoms with Crippen LogP contribution in [-0.4, -0.2) is 17.3 Å². The second-order valence-electron chi connectivity index (χ2n) is 4.07. The highest BCUT2D eigenvalue weighted by molar-refractivity contribution is 5.45. The monoisotopic (exact) mass is 193 g/mol. The first-order valence-electron chi connectivity index (χ1n) is 5.06. The van der Waals surface area contributed by atoms with E-state index in [2.05, 4.69) is 24.4 Å². The van der Waals surface area contributed by atoms with E-state index < -0.39 is 5.60 Å². The summed E-state index contributed by atoms with van der Waals surface area (Å²) in [6, 6.07) is 8.16. The molecule has 78 valence electrons. The Hall–Kier alpha value is -1.02. The third kappa shape index (κ3) is 3.38. The summed E-state index contributed by atoms with van der Waals surface area (Å²) >= 11 is 0. The van der Waals surface area contributed by atoms with Crippen molar-refractivity contribution in [1.82, 2.24) is 0 Å². The summed E-state index contributed by atoms with van der Waals surface area (Å²) in [5.41, 5.74) is 1.67. The van der Waals surface area contributed by atoms with Crippen molar-refractivity contribution >= 4 is 5.69 Å². The van der Waals surface area contributed by atoms with Gasteiger partial charge in [0.2, 0.25) is 0 Å². The van der Waals surface area contributed by atoms with Gasteiger partial charge in [0.05, 0.1) is 5.60 Å². The van der Waals surface area contributed by atoms with Crippen molar-refractivity contribution < 1.29 is 5.11 Å². The molecule has 0 heterocycles. The van der Waals surface area contributed by atoms with E-state index in [1.165, 1.54) is 5.56 Å². The predicted octanol–water partition coefficient (Wildman–Crippen LogP) is 2.57. The zero-order valence-corrected chi connectivity index (χ0v) is 9.17. The van der Waals surface area contributed by atoms with Crippen LogP contribution in [0, 0.1) is 6.92 Å². The molecule has 0 radical (unpaired) electrons. The maximum atomic E-state index is 9.79. The fraction of sp³-hybridized carbons (Fsp3) is 0.500. The Kier molecular flexibility index (Phi) is 3.53. The lowest BCUT2D eigenvalue weighted by atomic mass is 10.0. The molecular formula is C12H19NO. The SMILES string of the molecule is CCC(C)(O)CNc1cccc(C)c1. The molecule has 0 fully saturated rings. The third-order valence-corrected chi connectivity index (χ3v) is 2.45. The van der Waals surface area contributed by atoms with Gasteiger partial charge < -0.3 is 10.4 Å². The van der Waals surface area contributed by atoms with E-state index in [9.17, 15) is 5.11 Å². The topological polar surface area (TPSA) is 32.3 Å². The Morgan fingerprint density at radius 3 is 2.71 bits per heavy atom. The zero-order valence-electron chi connectivity index (χ0n) is 9.17. The number of hydrogen-bond acceptors (Lipinski definition) is 2. The fourth-order valence-corrected chi connectivity index (χ4v) is 1.17. The van der Waals surface area contributed by atoms with E-state index in [0.717, 1.165) is 12.1 Å². The first-order valence-corrected chi connectivity index (χ1v) is 5.06. The van der Waals surface area contributed by atoms with Crippen LogP contribution in [0.4, 0.5) is 5.69 Å². The molecule has 0 amide bonds. The average molecular weight is 193 g/mol. The highest BCUT2D eigenvalue weighted by Crippen LogP contribution is 2.13. The van der Waals surface area contributed by atoms with Crippen LogP contribution in [0.3, 0.4) is 0 Å². The van der Waals surface area contributed by atoms with Crippen LogP contribution in [-0.2, 0) is 0 Å². The summed E-state index contributed by atoms with van der Waals surface area (Å²) in [7, 11) is 0. The molecule has 0 aliphatic heterocycles. The Bertz CT molecular complexity index is 294. The molecule has 0 saturated carbocycles. The standard InChI is InChI=1S/C12H19NO/c1-4-12(3,14)9-13-11-7-5-6-10(2)8-11/h5-8,13-14H,4,9H2,1-3H3. The molecule has 2 heteroatoms. The molecule has 2 N–H and O–H groups in total. The summed E-state index contributed by atoms with van der Waals surface area (Å²) in [5, 5.41) is 13.0. The van der Waals surface area contributed by atoms with Crippen molar-refractivity contribution in [3.05, 3.63) is 29.8 Å². The number of rotatable bonds is 4. The van der Waals surface area contributed by atoms with Crippen LogP contribution in [0.2, 0.25) is 0 Å². The molecule has 1 unspecified atom stereocenters. The highest BCUT2D eigenvalue weighted by atomic mass is 16.3. The molecule has 0 aromatic heterocycles. The summed E-state index contributed by atoms with van der Waals surface area (Å²) in [4.78, 5) is 0. The van der Waals surface area contributed by atoms with Crippen molar-refractivity contribution in [2.45, 2.75) is 32.8 Å². The first kappa shape index (κ1) is 11.1. The van der Waals surface area contributed by atoms with E-state index in [-0.39, 0.29) is 0 Å². The Labute approximate surface area is 86.0 Å². The molecule has 1 atom stereocenters. The van der Waals surface area contributed by atoms with Crippen molar-refractivity contribution in [1.29, 1.82) is 0 Å². The molecule has 14 heavy (non-hydrogen) atoms. The molecule has 0 saturated heterocycles. The highest BCUT2D eigenvalue weighted by Gasteiger charge is 2.16. The molecular weight excluding hydrogens is 174 g/mol. The minimum Gasteiger partial charge on any atom is -0.388 e. The van der Waals surface area contributed by atoms with Gasteiger partial charge in [-0.25, -0.2) is 0 Å². The third-order valence-electron chi connectivity index (χ3n) is 2.45. The van der Waals surface area contributed by atoms with E-state index in [0.29, 0.717) is 6.54 Å². The summed E-state index contributed by atoms with van der Waals surface area (Å²) < 4.78 is 0. The van der Waals surface area contributed by atoms with Crippen LogP contribution < -0.4 is 5.32 Å². The van der Waals surface area contributed by atoms with Crippen LogP contribution >= 0.6 is 0 Å². The lowest BCUT2D eigenvalue weighted by Crippen LogP contribution is -2.32. The van der Waals surface area contributed by atoms with Crippen molar-refractivity contribution in [3.8, 4) is 0 Å². The van der Waals surface area contributed by atoms with Crippen LogP contribution in [0.5, 0.6) is 0 Å². The van der Waals surface area contributed by atoms with Gasteiger partial charge in [-0.15, -0.1) is 0 Å². The summed E-state index contributed by atoms with van der Waals surface area (Å²) in [6.45, 7) is 6.48. The second-order valence-corrected chi connectivity index (χ2v) is 4.07. The van der Waals surface area contributed by atoms with Gasteiger partial charge in [0.15, 0.2) is 0 Å². The van der Waals surface area contributed by atoms with Gasteiger partial charge in [0.1, 0.15) is 0 Å². The average Bonchev–Trinajstić information content (AvgIpc) is 2.15. The molecule has 1 aromatic rings. The molecule has 0 aliphatic carbocycles. The van der Waals surface area contributed by atoms with Crippen molar-refractivity contribution in [2.24, 2.45) is 0 Å². The quantitative estimate of drug-likeness (QED) is 0.770. The molecule has 0 aliphatic rings. The van der Waals surface area contributed by atoms with E-state index >= 15 is 0 Å². The normalized spacial score (nSPS) is 14.9. The fourth-order valence-electron chi connectivity index (χ4n) is 1.17. The molecule has 2 nitrogen and oxygen atoms in total. The van der Waals surface area contributed by atoms with Gasteiger partial charge in [-0.3, -0.25) is 0 Å². The van der Waals surface area contributed by atoms with Crippen LogP contribution in [0.1, 0.15) is 25.8 Å². The minimum absolute atomic E-state index is 0.590. The maximum absolute atomic E-state index is 9.79. The Morgan fingerprint density at radius 2 is 2.14 bits per heavy atom. The number of benzene rings is 1. The molecule has 1 aromatic carbocycles. The van der Waals surface area contributed by atoms with Crippen molar-refractivity contribution in [3.63, 3.8) is 0 Å². The first-order chi connectivity index (χ1) is 6.53. The van der Waals surface area contributed by atoms with Gasteiger partial charge in [-0.2, -0.15) is 0 Å². The number of aliphatic hydroxyl groups is 1. The molecule has 0 bridgehead atoms. The zero-order chi connectivity index (χ0) is 10.6. The van der Waals surface area contributed by atoms with Crippen molar-refractivity contribution in [2.75, 3.05) is 11.9 Å². The van der Waals surface area contributed by atoms with Crippen LogP contribution in [0.15, 0.2) is 24.3 Å². The van der Waals surface area contributed by atoms with Gasteiger partial charge in [-0.05, 0) is 38.0 Å². The van der Waals surface area contributed by atoms with Gasteiger partial charge in [0.25, 0.3) is 0 Å². The lowest BCUT2D eigenvalue weighted by Gasteiger charge is -2.22. The van der Waals surface area contributed by atoms with Crippen LogP contribution in [0.25, 0.3) is 0 Å². The largest absolute Gasteiger partial charge is 0.388 e. The summed E-state index contributed by atoms with van der Waals surface area (Å²) in [6.07, 6.45) is 0.756. The van der Waals surface area contributed by atoms with E-state index in [4.69, 9.17) is 0 Å². The lowest BCUT2D eigenvalue weighted by molar-refractivity contribution is 0.0697. The van der Waals surface area contributed by atoms with E-state index in [1.807, 2.05) is 26.0 Å². The number of nitrogens with one attached hydrogen (secondary N) is 1. The van der Waals surface area contributed by atoms with Gasteiger partial charge >= 0.3 is 0 Å². The Morgan fingerprint density at radius 1 is 1.43 bits per heavy atom. The maximum Gasteiger partial charge on any atom is 0.0788 e. The smallest absolute Gasteiger partial charge is 0.0788 e. The number of hydrogen-bond donors (Lipinski definition) is 2. The Balaban J connectivity index is 2.54. The minimum atomic E-state index is -0.621. The van der Waals surface area contributed by atoms with E-state index in [1.54, 1.807) is 0 Å². The predicted molar refractivity (Wildman–Crippen MR) is 60.6 cm³/mol. The second kappa shape index (κ2) is 4.47.